The third kappa shape index (κ3) is 5.65. The zero-order valence-electron chi connectivity index (χ0n) is 19.3. The third-order valence-electron chi connectivity index (χ3n) is 5.43. The Kier molecular flexibility index (Phi) is 6.80. The normalized spacial score (nSPS) is 11.0. The Morgan fingerprint density at radius 1 is 0.571 bits per heavy atom. The van der Waals surface area contributed by atoms with Gasteiger partial charge in [0.15, 0.2) is 0 Å². The fourth-order valence-electron chi connectivity index (χ4n) is 3.43. The topological polar surface area (TPSA) is 92.3 Å². The van der Waals surface area contributed by atoms with Crippen molar-refractivity contribution >= 4 is 33.0 Å². The molecule has 4 aromatic carbocycles. The summed E-state index contributed by atoms with van der Waals surface area (Å²) in [6.45, 7) is 3.86. The monoisotopic (exact) mass is 484 g/mol. The van der Waals surface area contributed by atoms with E-state index in [9.17, 15) is 18.0 Å². The molecule has 176 valence electrons. The van der Waals surface area contributed by atoms with Crippen molar-refractivity contribution in [2.75, 3.05) is 10.6 Å². The van der Waals surface area contributed by atoms with E-state index in [0.29, 0.717) is 22.5 Å². The predicted molar refractivity (Wildman–Crippen MR) is 137 cm³/mol. The summed E-state index contributed by atoms with van der Waals surface area (Å²) in [6, 6.07) is 26.3. The van der Waals surface area contributed by atoms with Crippen molar-refractivity contribution in [2.45, 2.75) is 23.6 Å². The lowest BCUT2D eigenvalue weighted by Gasteiger charge is -2.11. The average Bonchev–Trinajstić information content (AvgIpc) is 2.85. The molecule has 0 unspecified atom stereocenters. The SMILES string of the molecule is Cc1ccc(C(=O)Nc2cccc(S(=O)(=O)c3cccc(NC(=O)c4ccc(C)cc4)c3)c2)cc1. The Morgan fingerprint density at radius 3 is 1.31 bits per heavy atom. The van der Waals surface area contributed by atoms with Crippen LogP contribution in [-0.4, -0.2) is 20.2 Å². The van der Waals surface area contributed by atoms with Gasteiger partial charge in [0.25, 0.3) is 11.8 Å². The first-order valence-corrected chi connectivity index (χ1v) is 12.4. The lowest BCUT2D eigenvalue weighted by molar-refractivity contribution is 0.101. The van der Waals surface area contributed by atoms with Crippen molar-refractivity contribution in [2.24, 2.45) is 0 Å². The number of nitrogens with one attached hydrogen (secondary N) is 2. The van der Waals surface area contributed by atoms with Crippen molar-refractivity contribution < 1.29 is 18.0 Å². The minimum absolute atomic E-state index is 0.0289. The fourth-order valence-corrected chi connectivity index (χ4v) is 4.79. The molecule has 6 nitrogen and oxygen atoms in total. The van der Waals surface area contributed by atoms with E-state index in [1.807, 2.05) is 38.1 Å². The van der Waals surface area contributed by atoms with Gasteiger partial charge in [-0.3, -0.25) is 9.59 Å². The lowest BCUT2D eigenvalue weighted by atomic mass is 10.1. The highest BCUT2D eigenvalue weighted by molar-refractivity contribution is 7.91. The molecule has 0 atom stereocenters. The van der Waals surface area contributed by atoms with Crippen molar-refractivity contribution in [3.63, 3.8) is 0 Å². The van der Waals surface area contributed by atoms with Crippen LogP contribution in [0.15, 0.2) is 107 Å². The standard InChI is InChI=1S/C28H24N2O4S/c1-19-9-13-21(14-10-19)27(31)29-23-5-3-7-25(17-23)35(33,34)26-8-4-6-24(18-26)30-28(32)22-15-11-20(2)12-16-22/h3-18H,1-2H3,(H,29,31)(H,30,32). The van der Waals surface area contributed by atoms with Crippen LogP contribution in [0.2, 0.25) is 0 Å². The van der Waals surface area contributed by atoms with E-state index in [0.717, 1.165) is 11.1 Å². The van der Waals surface area contributed by atoms with E-state index in [4.69, 9.17) is 0 Å². The van der Waals surface area contributed by atoms with E-state index in [2.05, 4.69) is 10.6 Å². The van der Waals surface area contributed by atoms with Gasteiger partial charge in [-0.1, -0.05) is 47.5 Å². The quantitative estimate of drug-likeness (QED) is 0.370. The summed E-state index contributed by atoms with van der Waals surface area (Å²) in [5, 5.41) is 5.48. The van der Waals surface area contributed by atoms with Gasteiger partial charge < -0.3 is 10.6 Å². The first-order chi connectivity index (χ1) is 16.7. The molecule has 7 heteroatoms. The number of benzene rings is 4. The Bertz CT molecular complexity index is 1380. The van der Waals surface area contributed by atoms with Gasteiger partial charge in [0.1, 0.15) is 0 Å². The highest BCUT2D eigenvalue weighted by Crippen LogP contribution is 2.26. The molecule has 0 saturated carbocycles. The highest BCUT2D eigenvalue weighted by atomic mass is 32.2. The maximum absolute atomic E-state index is 13.3. The molecule has 0 aromatic heterocycles. The molecule has 0 aliphatic carbocycles. The summed E-state index contributed by atoms with van der Waals surface area (Å²) in [4.78, 5) is 25.1. The third-order valence-corrected chi connectivity index (χ3v) is 7.18. The number of hydrogen-bond acceptors (Lipinski definition) is 4. The van der Waals surface area contributed by atoms with E-state index < -0.39 is 9.84 Å². The molecule has 0 radical (unpaired) electrons. The number of carbonyl (C=O) groups excluding carboxylic acids is 2. The number of aryl methyl sites for hydroxylation is 2. The van der Waals surface area contributed by atoms with Crippen LogP contribution in [0, 0.1) is 13.8 Å². The van der Waals surface area contributed by atoms with Crippen LogP contribution in [0.1, 0.15) is 31.8 Å². The van der Waals surface area contributed by atoms with Crippen LogP contribution in [0.3, 0.4) is 0 Å². The molecule has 0 fully saturated rings. The van der Waals surface area contributed by atoms with Crippen molar-refractivity contribution in [3.8, 4) is 0 Å². The van der Waals surface area contributed by atoms with Gasteiger partial charge in [-0.15, -0.1) is 0 Å². The molecule has 2 N–H and O–H groups in total. The number of carbonyl (C=O) groups is 2. The summed E-state index contributed by atoms with van der Waals surface area (Å²) < 4.78 is 26.6. The zero-order chi connectivity index (χ0) is 25.0. The second-order valence-electron chi connectivity index (χ2n) is 8.20. The van der Waals surface area contributed by atoms with E-state index in [1.165, 1.54) is 24.3 Å². The minimum Gasteiger partial charge on any atom is -0.322 e. The first kappa shape index (κ1) is 23.9. The summed E-state index contributed by atoms with van der Waals surface area (Å²) in [5.41, 5.74) is 3.74. The Balaban J connectivity index is 1.54. The number of hydrogen-bond donors (Lipinski definition) is 2. The molecular weight excluding hydrogens is 460 g/mol. The summed E-state index contributed by atoms with van der Waals surface area (Å²) in [5.74, 6) is -0.666. The molecule has 4 aromatic rings. The molecule has 0 spiro atoms. The number of sulfone groups is 1. The smallest absolute Gasteiger partial charge is 0.255 e. The van der Waals surface area contributed by atoms with Gasteiger partial charge in [0, 0.05) is 22.5 Å². The van der Waals surface area contributed by atoms with Gasteiger partial charge in [-0.05, 0) is 74.5 Å². The number of rotatable bonds is 6. The second-order valence-corrected chi connectivity index (χ2v) is 10.1. The highest BCUT2D eigenvalue weighted by Gasteiger charge is 2.19. The van der Waals surface area contributed by atoms with Gasteiger partial charge in [0.2, 0.25) is 9.84 Å². The van der Waals surface area contributed by atoms with Crippen molar-refractivity contribution in [1.29, 1.82) is 0 Å². The summed E-state index contributed by atoms with van der Waals surface area (Å²) >= 11 is 0. The zero-order valence-corrected chi connectivity index (χ0v) is 20.1. The van der Waals surface area contributed by atoms with Crippen LogP contribution in [-0.2, 0) is 9.84 Å². The van der Waals surface area contributed by atoms with Crippen LogP contribution in [0.4, 0.5) is 11.4 Å². The van der Waals surface area contributed by atoms with Gasteiger partial charge in [-0.25, -0.2) is 8.42 Å². The molecular formula is C28H24N2O4S. The van der Waals surface area contributed by atoms with Gasteiger partial charge >= 0.3 is 0 Å². The van der Waals surface area contributed by atoms with E-state index >= 15 is 0 Å². The molecule has 35 heavy (non-hydrogen) atoms. The van der Waals surface area contributed by atoms with Crippen LogP contribution >= 0.6 is 0 Å². The predicted octanol–water partition coefficient (Wildman–Crippen LogP) is 5.64. The average molecular weight is 485 g/mol. The van der Waals surface area contributed by atoms with Crippen molar-refractivity contribution in [1.82, 2.24) is 0 Å². The Morgan fingerprint density at radius 2 is 0.943 bits per heavy atom. The van der Waals surface area contributed by atoms with Crippen LogP contribution in [0.5, 0.6) is 0 Å². The minimum atomic E-state index is -3.90. The van der Waals surface area contributed by atoms with Gasteiger partial charge in [-0.2, -0.15) is 0 Å². The number of anilines is 2. The molecule has 0 aliphatic rings. The summed E-state index contributed by atoms with van der Waals surface area (Å²) in [6.07, 6.45) is 0. The van der Waals surface area contributed by atoms with Crippen LogP contribution in [0.25, 0.3) is 0 Å². The summed E-state index contributed by atoms with van der Waals surface area (Å²) in [7, 11) is -3.90. The van der Waals surface area contributed by atoms with Crippen molar-refractivity contribution in [3.05, 3.63) is 119 Å². The number of amides is 2. The van der Waals surface area contributed by atoms with E-state index in [1.54, 1.807) is 48.5 Å². The second kappa shape index (κ2) is 9.95. The fraction of sp³-hybridized carbons (Fsp3) is 0.0714. The Hall–Kier alpha value is -4.23. The largest absolute Gasteiger partial charge is 0.322 e. The molecule has 4 rings (SSSR count). The molecule has 0 saturated heterocycles. The van der Waals surface area contributed by atoms with E-state index in [-0.39, 0.29) is 21.6 Å². The van der Waals surface area contributed by atoms with Gasteiger partial charge in [0.05, 0.1) is 9.79 Å². The molecule has 0 heterocycles. The maximum Gasteiger partial charge on any atom is 0.255 e. The van der Waals surface area contributed by atoms with Crippen LogP contribution < -0.4 is 10.6 Å². The molecule has 2 amide bonds. The lowest BCUT2D eigenvalue weighted by Crippen LogP contribution is -2.13. The Labute approximate surface area is 204 Å². The molecule has 0 aliphatic heterocycles. The maximum atomic E-state index is 13.3. The molecule has 0 bridgehead atoms. The first-order valence-electron chi connectivity index (χ1n) is 10.9.